The highest BCUT2D eigenvalue weighted by Crippen LogP contribution is 2.31. The molecule has 0 saturated heterocycles. The first-order valence-electron chi connectivity index (χ1n) is 10.3. The number of anilines is 1. The van der Waals surface area contributed by atoms with Gasteiger partial charge in [-0.3, -0.25) is 19.9 Å². The van der Waals surface area contributed by atoms with Gasteiger partial charge < -0.3 is 14.8 Å². The van der Waals surface area contributed by atoms with E-state index in [1.165, 1.54) is 12.1 Å². The van der Waals surface area contributed by atoms with Crippen LogP contribution in [-0.4, -0.2) is 33.1 Å². The molecule has 2 N–H and O–H groups in total. The SMILES string of the molecule is O=c1[nH]c(NCc2ccc3c(c2)OCCCO3)nc2nccc(-c3ccc([N+](=O)[O-])cc3)c12. The number of non-ortho nitro benzene ring substituents is 1. The zero-order chi connectivity index (χ0) is 22.8. The van der Waals surface area contributed by atoms with Crippen molar-refractivity contribution < 1.29 is 14.4 Å². The van der Waals surface area contributed by atoms with Crippen LogP contribution in [0, 0.1) is 10.1 Å². The zero-order valence-electron chi connectivity index (χ0n) is 17.4. The van der Waals surface area contributed by atoms with Crippen molar-refractivity contribution in [3.63, 3.8) is 0 Å². The monoisotopic (exact) mass is 445 g/mol. The Morgan fingerprint density at radius 2 is 1.85 bits per heavy atom. The van der Waals surface area contributed by atoms with E-state index in [1.807, 2.05) is 18.2 Å². The highest BCUT2D eigenvalue weighted by molar-refractivity contribution is 5.92. The highest BCUT2D eigenvalue weighted by atomic mass is 16.6. The van der Waals surface area contributed by atoms with Gasteiger partial charge in [0.1, 0.15) is 0 Å². The van der Waals surface area contributed by atoms with Gasteiger partial charge in [-0.05, 0) is 47.0 Å². The van der Waals surface area contributed by atoms with Gasteiger partial charge in [0.2, 0.25) is 5.95 Å². The summed E-state index contributed by atoms with van der Waals surface area (Å²) in [6.45, 7) is 1.64. The fraction of sp³-hybridized carbons (Fsp3) is 0.174. The molecule has 33 heavy (non-hydrogen) atoms. The second-order valence-electron chi connectivity index (χ2n) is 7.46. The number of aromatic amines is 1. The van der Waals surface area contributed by atoms with Crippen molar-refractivity contribution >= 4 is 22.7 Å². The molecule has 0 saturated carbocycles. The number of ether oxygens (including phenoxy) is 2. The van der Waals surface area contributed by atoms with Crippen LogP contribution in [0.3, 0.4) is 0 Å². The van der Waals surface area contributed by atoms with E-state index in [2.05, 4.69) is 20.3 Å². The lowest BCUT2D eigenvalue weighted by molar-refractivity contribution is -0.384. The molecule has 2 aromatic heterocycles. The fourth-order valence-electron chi connectivity index (χ4n) is 3.65. The molecular weight excluding hydrogens is 426 g/mol. The smallest absolute Gasteiger partial charge is 0.269 e. The number of hydrogen-bond donors (Lipinski definition) is 2. The van der Waals surface area contributed by atoms with E-state index in [9.17, 15) is 14.9 Å². The maximum absolute atomic E-state index is 12.9. The van der Waals surface area contributed by atoms with Crippen LogP contribution in [0.4, 0.5) is 11.6 Å². The molecule has 0 unspecified atom stereocenters. The maximum Gasteiger partial charge on any atom is 0.269 e. The number of fused-ring (bicyclic) bond motifs is 2. The predicted octanol–water partition coefficient (Wildman–Crippen LogP) is 3.67. The fourth-order valence-corrected chi connectivity index (χ4v) is 3.65. The van der Waals surface area contributed by atoms with Crippen molar-refractivity contribution in [3.8, 4) is 22.6 Å². The number of hydrogen-bond acceptors (Lipinski definition) is 8. The summed E-state index contributed by atoms with van der Waals surface area (Å²) < 4.78 is 11.4. The van der Waals surface area contributed by atoms with Gasteiger partial charge in [0, 0.05) is 31.3 Å². The summed E-state index contributed by atoms with van der Waals surface area (Å²) in [7, 11) is 0. The van der Waals surface area contributed by atoms with Crippen molar-refractivity contribution in [3.05, 3.63) is 80.8 Å². The average Bonchev–Trinajstić information content (AvgIpc) is 3.07. The number of benzene rings is 2. The number of H-pyrrole nitrogens is 1. The van der Waals surface area contributed by atoms with Crippen LogP contribution in [0.15, 0.2) is 59.5 Å². The van der Waals surface area contributed by atoms with E-state index >= 15 is 0 Å². The molecule has 3 heterocycles. The molecule has 0 fully saturated rings. The van der Waals surface area contributed by atoms with E-state index in [0.29, 0.717) is 42.0 Å². The predicted molar refractivity (Wildman–Crippen MR) is 122 cm³/mol. The molecule has 1 aliphatic rings. The van der Waals surface area contributed by atoms with E-state index in [4.69, 9.17) is 9.47 Å². The summed E-state index contributed by atoms with van der Waals surface area (Å²) in [6.07, 6.45) is 2.39. The first kappa shape index (κ1) is 20.4. The van der Waals surface area contributed by atoms with Crippen molar-refractivity contribution in [1.29, 1.82) is 0 Å². The first-order valence-corrected chi connectivity index (χ1v) is 10.3. The van der Waals surface area contributed by atoms with Crippen LogP contribution in [0.25, 0.3) is 22.2 Å². The molecule has 1 aliphatic heterocycles. The van der Waals surface area contributed by atoms with Gasteiger partial charge in [-0.15, -0.1) is 0 Å². The summed E-state index contributed by atoms with van der Waals surface area (Å²) in [4.78, 5) is 34.8. The molecule has 0 radical (unpaired) electrons. The number of pyridine rings is 1. The van der Waals surface area contributed by atoms with Crippen LogP contribution < -0.4 is 20.3 Å². The summed E-state index contributed by atoms with van der Waals surface area (Å²) >= 11 is 0. The van der Waals surface area contributed by atoms with Crippen LogP contribution in [0.5, 0.6) is 11.5 Å². The molecule has 0 amide bonds. The first-order chi connectivity index (χ1) is 16.1. The van der Waals surface area contributed by atoms with Crippen molar-refractivity contribution in [2.45, 2.75) is 13.0 Å². The van der Waals surface area contributed by atoms with Crippen LogP contribution >= 0.6 is 0 Å². The van der Waals surface area contributed by atoms with Gasteiger partial charge >= 0.3 is 0 Å². The Balaban J connectivity index is 1.41. The van der Waals surface area contributed by atoms with Crippen molar-refractivity contribution in [1.82, 2.24) is 15.0 Å². The molecule has 0 aliphatic carbocycles. The third-order valence-corrected chi connectivity index (χ3v) is 5.27. The summed E-state index contributed by atoms with van der Waals surface area (Å²) in [5.41, 5.74) is 2.09. The lowest BCUT2D eigenvalue weighted by Gasteiger charge is -2.11. The Bertz CT molecular complexity index is 1400. The Morgan fingerprint density at radius 3 is 2.64 bits per heavy atom. The third kappa shape index (κ3) is 4.18. The lowest BCUT2D eigenvalue weighted by atomic mass is 10.0. The molecule has 0 atom stereocenters. The minimum Gasteiger partial charge on any atom is -0.490 e. The van der Waals surface area contributed by atoms with Gasteiger partial charge in [-0.1, -0.05) is 6.07 Å². The standard InChI is InChI=1S/C23H19N5O5/c29-22-20-17(15-3-5-16(6-4-15)28(30)31)8-9-24-21(20)26-23(27-22)25-13-14-2-7-18-19(12-14)33-11-1-10-32-18/h2-9,12H,1,10-11,13H2,(H2,24,25,26,27,29). The van der Waals surface area contributed by atoms with Crippen LogP contribution in [-0.2, 0) is 6.54 Å². The Morgan fingerprint density at radius 1 is 1.06 bits per heavy atom. The Kier molecular flexibility index (Phi) is 5.31. The number of rotatable bonds is 5. The second kappa shape index (κ2) is 8.58. The molecule has 10 heteroatoms. The van der Waals surface area contributed by atoms with Gasteiger partial charge in [-0.25, -0.2) is 4.98 Å². The quantitative estimate of drug-likeness (QED) is 0.351. The van der Waals surface area contributed by atoms with Crippen molar-refractivity contribution in [2.75, 3.05) is 18.5 Å². The molecule has 0 bridgehead atoms. The highest BCUT2D eigenvalue weighted by Gasteiger charge is 2.14. The molecule has 2 aromatic carbocycles. The van der Waals surface area contributed by atoms with Crippen molar-refractivity contribution in [2.24, 2.45) is 0 Å². The minimum atomic E-state index is -0.468. The van der Waals surface area contributed by atoms with Crippen LogP contribution in [0.2, 0.25) is 0 Å². The van der Waals surface area contributed by atoms with Gasteiger partial charge in [-0.2, -0.15) is 4.98 Å². The van der Waals surface area contributed by atoms with Gasteiger partial charge in [0.05, 0.1) is 23.5 Å². The Hall–Kier alpha value is -4.47. The molecule has 10 nitrogen and oxygen atoms in total. The zero-order valence-corrected chi connectivity index (χ0v) is 17.4. The number of nitrogens with zero attached hydrogens (tertiary/aromatic N) is 3. The third-order valence-electron chi connectivity index (χ3n) is 5.27. The summed E-state index contributed by atoms with van der Waals surface area (Å²) in [5.74, 6) is 1.70. The molecule has 5 rings (SSSR count). The molecule has 0 spiro atoms. The average molecular weight is 445 g/mol. The molecule has 4 aromatic rings. The Labute approximate surface area is 187 Å². The maximum atomic E-state index is 12.9. The largest absolute Gasteiger partial charge is 0.490 e. The molecular formula is C23H19N5O5. The van der Waals surface area contributed by atoms with Crippen LogP contribution in [0.1, 0.15) is 12.0 Å². The van der Waals surface area contributed by atoms with E-state index < -0.39 is 4.92 Å². The molecule has 166 valence electrons. The number of nitro benzene ring substituents is 1. The van der Waals surface area contributed by atoms with E-state index in [0.717, 1.165) is 17.7 Å². The summed E-state index contributed by atoms with van der Waals surface area (Å²) in [6, 6.07) is 13.4. The normalized spacial score (nSPS) is 12.8. The number of aromatic nitrogens is 3. The number of nitro groups is 1. The van der Waals surface area contributed by atoms with Gasteiger partial charge in [0.15, 0.2) is 17.1 Å². The number of nitrogens with one attached hydrogen (secondary N) is 2. The topological polar surface area (TPSA) is 132 Å². The summed E-state index contributed by atoms with van der Waals surface area (Å²) in [5, 5.41) is 14.3. The van der Waals surface area contributed by atoms with Gasteiger partial charge in [0.25, 0.3) is 11.2 Å². The second-order valence-corrected chi connectivity index (χ2v) is 7.46. The minimum absolute atomic E-state index is 0.0228. The van der Waals surface area contributed by atoms with E-state index in [-0.39, 0.29) is 22.8 Å². The van der Waals surface area contributed by atoms with E-state index in [1.54, 1.807) is 24.4 Å². The lowest BCUT2D eigenvalue weighted by Crippen LogP contribution is -2.14.